The van der Waals surface area contributed by atoms with Gasteiger partial charge in [0.2, 0.25) is 5.91 Å². The maximum atomic E-state index is 12.4. The lowest BCUT2D eigenvalue weighted by Gasteiger charge is -2.22. The molecule has 2 amide bonds. The summed E-state index contributed by atoms with van der Waals surface area (Å²) < 4.78 is 0.447. The van der Waals surface area contributed by atoms with E-state index in [0.29, 0.717) is 23.9 Å². The van der Waals surface area contributed by atoms with Crippen molar-refractivity contribution in [3.05, 3.63) is 38.3 Å². The van der Waals surface area contributed by atoms with Gasteiger partial charge in [0, 0.05) is 23.2 Å². The van der Waals surface area contributed by atoms with Crippen LogP contribution in [0, 0.1) is 10.1 Å². The fourth-order valence-corrected chi connectivity index (χ4v) is 2.67. The highest BCUT2D eigenvalue weighted by molar-refractivity contribution is 9.10. The normalized spacial score (nSPS) is 18.1. The lowest BCUT2D eigenvalue weighted by molar-refractivity contribution is -0.384. The molecule has 20 heavy (non-hydrogen) atoms. The molecule has 1 aromatic rings. The molecule has 106 valence electrons. The van der Waals surface area contributed by atoms with Crippen molar-refractivity contribution < 1.29 is 14.5 Å². The first-order valence-corrected chi connectivity index (χ1v) is 6.75. The van der Waals surface area contributed by atoms with E-state index < -0.39 is 22.8 Å². The number of nitrogens with two attached hydrogens (primary N) is 1. The van der Waals surface area contributed by atoms with E-state index in [1.807, 2.05) is 0 Å². The predicted molar refractivity (Wildman–Crippen MR) is 74.0 cm³/mol. The molecular formula is C12H12BrN3O4. The third-order valence-corrected chi connectivity index (χ3v) is 3.92. The fourth-order valence-electron chi connectivity index (χ4n) is 2.25. The highest BCUT2D eigenvalue weighted by Crippen LogP contribution is 2.27. The van der Waals surface area contributed by atoms with Gasteiger partial charge < -0.3 is 10.6 Å². The van der Waals surface area contributed by atoms with Crippen molar-refractivity contribution in [1.82, 2.24) is 4.90 Å². The maximum Gasteiger partial charge on any atom is 0.270 e. The minimum atomic E-state index is -0.645. The van der Waals surface area contributed by atoms with E-state index in [1.165, 1.54) is 23.1 Å². The second kappa shape index (κ2) is 5.58. The van der Waals surface area contributed by atoms with Crippen molar-refractivity contribution in [1.29, 1.82) is 0 Å². The molecule has 1 unspecified atom stereocenters. The number of nitrogens with zero attached hydrogens (tertiary/aromatic N) is 2. The lowest BCUT2D eigenvalue weighted by atomic mass is 10.1. The Balaban J connectivity index is 2.35. The Hall–Kier alpha value is -1.96. The standard InChI is InChI=1S/C12H12BrN3O4/c13-9-4-3-7(16(19)20)6-8(9)12(18)15-5-1-2-10(15)11(14)17/h3-4,6,10H,1-2,5H2,(H2,14,17). The molecule has 1 aliphatic rings. The number of rotatable bonds is 3. The van der Waals surface area contributed by atoms with Crippen LogP contribution in [0.3, 0.4) is 0 Å². The molecule has 0 spiro atoms. The Labute approximate surface area is 123 Å². The predicted octanol–water partition coefficient (Wildman–Crippen LogP) is 1.45. The summed E-state index contributed by atoms with van der Waals surface area (Å²) in [5, 5.41) is 10.8. The van der Waals surface area contributed by atoms with Crippen LogP contribution in [0.25, 0.3) is 0 Å². The zero-order valence-corrected chi connectivity index (χ0v) is 12.0. The van der Waals surface area contributed by atoms with Gasteiger partial charge in [0.25, 0.3) is 11.6 Å². The zero-order valence-electron chi connectivity index (χ0n) is 10.4. The summed E-state index contributed by atoms with van der Waals surface area (Å²) in [5.74, 6) is -0.987. The van der Waals surface area contributed by atoms with Gasteiger partial charge in [-0.15, -0.1) is 0 Å². The number of nitro groups is 1. The summed E-state index contributed by atoms with van der Waals surface area (Å²) >= 11 is 3.20. The molecule has 8 heteroatoms. The van der Waals surface area contributed by atoms with Gasteiger partial charge in [0.1, 0.15) is 6.04 Å². The van der Waals surface area contributed by atoms with Crippen LogP contribution in [0.4, 0.5) is 5.69 Å². The van der Waals surface area contributed by atoms with E-state index in [2.05, 4.69) is 15.9 Å². The smallest absolute Gasteiger partial charge is 0.270 e. The van der Waals surface area contributed by atoms with E-state index in [4.69, 9.17) is 5.73 Å². The second-order valence-electron chi connectivity index (χ2n) is 4.48. The van der Waals surface area contributed by atoms with Crippen molar-refractivity contribution in [2.75, 3.05) is 6.54 Å². The minimum absolute atomic E-state index is 0.160. The summed E-state index contributed by atoms with van der Waals surface area (Å²) in [6, 6.07) is 3.30. The lowest BCUT2D eigenvalue weighted by Crippen LogP contribution is -2.43. The van der Waals surface area contributed by atoms with E-state index in [-0.39, 0.29) is 11.3 Å². The molecule has 1 fully saturated rings. The molecule has 0 radical (unpaired) electrons. The summed E-state index contributed by atoms with van der Waals surface area (Å²) in [5.41, 5.74) is 5.25. The van der Waals surface area contributed by atoms with Gasteiger partial charge in [-0.3, -0.25) is 19.7 Å². The van der Waals surface area contributed by atoms with Crippen molar-refractivity contribution >= 4 is 33.4 Å². The van der Waals surface area contributed by atoms with Gasteiger partial charge in [0.05, 0.1) is 10.5 Å². The number of hydrogen-bond donors (Lipinski definition) is 1. The Morgan fingerprint density at radius 2 is 2.15 bits per heavy atom. The van der Waals surface area contributed by atoms with Crippen molar-refractivity contribution in [3.8, 4) is 0 Å². The molecule has 2 N–H and O–H groups in total. The van der Waals surface area contributed by atoms with Gasteiger partial charge >= 0.3 is 0 Å². The van der Waals surface area contributed by atoms with Gasteiger partial charge in [-0.1, -0.05) is 0 Å². The van der Waals surface area contributed by atoms with Gasteiger partial charge in [-0.05, 0) is 34.8 Å². The molecule has 1 aromatic carbocycles. The van der Waals surface area contributed by atoms with Crippen molar-refractivity contribution in [3.63, 3.8) is 0 Å². The van der Waals surface area contributed by atoms with Crippen LogP contribution in [0.2, 0.25) is 0 Å². The Kier molecular flexibility index (Phi) is 4.03. The third-order valence-electron chi connectivity index (χ3n) is 3.23. The molecule has 1 saturated heterocycles. The van der Waals surface area contributed by atoms with E-state index in [1.54, 1.807) is 0 Å². The molecule has 0 bridgehead atoms. The highest BCUT2D eigenvalue weighted by atomic mass is 79.9. The molecule has 1 heterocycles. The number of likely N-dealkylation sites (tertiary alicyclic amines) is 1. The molecule has 0 aromatic heterocycles. The first kappa shape index (κ1) is 14.4. The molecule has 0 saturated carbocycles. The second-order valence-corrected chi connectivity index (χ2v) is 5.33. The Morgan fingerprint density at radius 3 is 2.75 bits per heavy atom. The van der Waals surface area contributed by atoms with Crippen LogP contribution >= 0.6 is 15.9 Å². The van der Waals surface area contributed by atoms with E-state index in [0.717, 1.165) is 0 Å². The topological polar surface area (TPSA) is 107 Å². The van der Waals surface area contributed by atoms with Crippen LogP contribution in [0.1, 0.15) is 23.2 Å². The average Bonchev–Trinajstić information content (AvgIpc) is 2.87. The average molecular weight is 342 g/mol. The van der Waals surface area contributed by atoms with Crippen LogP contribution in [-0.2, 0) is 4.79 Å². The summed E-state index contributed by atoms with van der Waals surface area (Å²) in [6.07, 6.45) is 1.21. The number of hydrogen-bond acceptors (Lipinski definition) is 4. The first-order chi connectivity index (χ1) is 9.41. The van der Waals surface area contributed by atoms with Crippen molar-refractivity contribution in [2.45, 2.75) is 18.9 Å². The highest BCUT2D eigenvalue weighted by Gasteiger charge is 2.34. The number of non-ortho nitro benzene ring substituents is 1. The summed E-state index contributed by atoms with van der Waals surface area (Å²) in [7, 11) is 0. The molecular weight excluding hydrogens is 330 g/mol. The van der Waals surface area contributed by atoms with E-state index in [9.17, 15) is 19.7 Å². The van der Waals surface area contributed by atoms with Crippen LogP contribution in [0.5, 0.6) is 0 Å². The number of primary amides is 1. The number of halogens is 1. The van der Waals surface area contributed by atoms with Crippen LogP contribution in [0.15, 0.2) is 22.7 Å². The summed E-state index contributed by atoms with van der Waals surface area (Å²) in [4.78, 5) is 35.3. The molecule has 1 atom stereocenters. The molecule has 1 aliphatic heterocycles. The molecule has 7 nitrogen and oxygen atoms in total. The van der Waals surface area contributed by atoms with Crippen LogP contribution < -0.4 is 5.73 Å². The van der Waals surface area contributed by atoms with Gasteiger partial charge in [-0.2, -0.15) is 0 Å². The molecule has 0 aliphatic carbocycles. The number of amides is 2. The van der Waals surface area contributed by atoms with Gasteiger partial charge in [-0.25, -0.2) is 0 Å². The Morgan fingerprint density at radius 1 is 1.45 bits per heavy atom. The largest absolute Gasteiger partial charge is 0.368 e. The summed E-state index contributed by atoms with van der Waals surface area (Å²) in [6.45, 7) is 0.418. The SMILES string of the molecule is NC(=O)C1CCCN1C(=O)c1cc([N+](=O)[O-])ccc1Br. The third kappa shape index (κ3) is 2.64. The monoisotopic (exact) mass is 341 g/mol. The number of nitro benzene ring substituents is 1. The van der Waals surface area contributed by atoms with E-state index >= 15 is 0 Å². The minimum Gasteiger partial charge on any atom is -0.368 e. The quantitative estimate of drug-likeness (QED) is 0.663. The fraction of sp³-hybridized carbons (Fsp3) is 0.333. The van der Waals surface area contributed by atoms with Crippen molar-refractivity contribution in [2.24, 2.45) is 5.73 Å². The first-order valence-electron chi connectivity index (χ1n) is 5.96. The number of carbonyl (C=O) groups excluding carboxylic acids is 2. The molecule has 2 rings (SSSR count). The Bertz CT molecular complexity index is 590. The maximum absolute atomic E-state index is 12.4. The van der Waals surface area contributed by atoms with Crippen LogP contribution in [-0.4, -0.2) is 34.2 Å². The van der Waals surface area contributed by atoms with Gasteiger partial charge in [0.15, 0.2) is 0 Å². The number of carbonyl (C=O) groups is 2. The number of benzene rings is 1. The zero-order chi connectivity index (χ0) is 14.9.